The molecule has 7 nitrogen and oxygen atoms in total. The van der Waals surface area contributed by atoms with E-state index in [1.165, 1.54) is 25.3 Å². The molecule has 0 aliphatic heterocycles. The third kappa shape index (κ3) is 5.27. The monoisotopic (exact) mass is 458 g/mol. The number of amides is 1. The number of nitrogens with zero attached hydrogens (tertiary/aromatic N) is 1. The molecular weight excluding hydrogens is 439 g/mol. The van der Waals surface area contributed by atoms with Crippen LogP contribution in [0, 0.1) is 6.92 Å². The quantitative estimate of drug-likeness (QED) is 0.637. The summed E-state index contributed by atoms with van der Waals surface area (Å²) in [6.07, 6.45) is 0. The number of carbonyl (C=O) groups excluding carboxylic acids is 2. The highest BCUT2D eigenvalue weighted by Crippen LogP contribution is 2.30. The molecule has 156 valence electrons. The summed E-state index contributed by atoms with van der Waals surface area (Å²) in [5.74, 6) is -1.16. The van der Waals surface area contributed by atoms with Crippen molar-refractivity contribution >= 4 is 50.8 Å². The van der Waals surface area contributed by atoms with Crippen LogP contribution < -0.4 is 5.32 Å². The number of likely N-dealkylation sites (N-methyl/N-ethyl adjacent to an activating group) is 1. The van der Waals surface area contributed by atoms with Gasteiger partial charge in [0, 0.05) is 6.54 Å². The lowest BCUT2D eigenvalue weighted by Crippen LogP contribution is -2.38. The molecule has 29 heavy (non-hydrogen) atoms. The summed E-state index contributed by atoms with van der Waals surface area (Å²) in [5, 5.41) is 3.03. The van der Waals surface area contributed by atoms with E-state index in [1.54, 1.807) is 32.0 Å². The van der Waals surface area contributed by atoms with Gasteiger partial charge in [0.05, 0.1) is 39.8 Å². The number of ether oxygens (including phenoxy) is 1. The zero-order valence-corrected chi connectivity index (χ0v) is 18.4. The molecule has 2 aromatic carbocycles. The van der Waals surface area contributed by atoms with Crippen molar-refractivity contribution in [3.05, 3.63) is 57.6 Å². The molecule has 0 saturated carbocycles. The Hall–Kier alpha value is -2.13. The maximum atomic E-state index is 13.0. The van der Waals surface area contributed by atoms with E-state index in [0.29, 0.717) is 5.56 Å². The largest absolute Gasteiger partial charge is 0.465 e. The topological polar surface area (TPSA) is 92.8 Å². The summed E-state index contributed by atoms with van der Waals surface area (Å²) in [5.41, 5.74) is 0.812. The Bertz CT molecular complexity index is 1020. The van der Waals surface area contributed by atoms with Crippen LogP contribution in [0.15, 0.2) is 41.3 Å². The van der Waals surface area contributed by atoms with Crippen LogP contribution in [0.4, 0.5) is 5.69 Å². The summed E-state index contributed by atoms with van der Waals surface area (Å²) < 4.78 is 31.7. The first-order valence-corrected chi connectivity index (χ1v) is 10.7. The lowest BCUT2D eigenvalue weighted by molar-refractivity contribution is -0.116. The first-order chi connectivity index (χ1) is 13.6. The molecular formula is C19H20Cl2N2O5S. The Labute approximate surface area is 179 Å². The van der Waals surface area contributed by atoms with Gasteiger partial charge in [-0.3, -0.25) is 4.79 Å². The fourth-order valence-electron chi connectivity index (χ4n) is 2.65. The number of anilines is 1. The number of hydrogen-bond donors (Lipinski definition) is 1. The minimum Gasteiger partial charge on any atom is -0.465 e. The molecule has 0 unspecified atom stereocenters. The number of hydrogen-bond acceptors (Lipinski definition) is 5. The van der Waals surface area contributed by atoms with Crippen LogP contribution in [-0.2, 0) is 19.6 Å². The second kappa shape index (κ2) is 9.58. The van der Waals surface area contributed by atoms with Crippen molar-refractivity contribution in [2.75, 3.05) is 25.5 Å². The number of esters is 1. The van der Waals surface area contributed by atoms with Crippen molar-refractivity contribution in [1.82, 2.24) is 4.31 Å². The van der Waals surface area contributed by atoms with Crippen molar-refractivity contribution < 1.29 is 22.7 Å². The van der Waals surface area contributed by atoms with E-state index in [0.717, 1.165) is 4.31 Å². The predicted octanol–water partition coefficient (Wildman–Crippen LogP) is 3.74. The number of halogens is 2. The average Bonchev–Trinajstić information content (AvgIpc) is 2.67. The van der Waals surface area contributed by atoms with Gasteiger partial charge in [0.25, 0.3) is 0 Å². The number of para-hydroxylation sites is 1. The fourth-order valence-corrected chi connectivity index (χ4v) is 4.75. The Morgan fingerprint density at radius 1 is 1.14 bits per heavy atom. The van der Waals surface area contributed by atoms with Gasteiger partial charge in [-0.1, -0.05) is 36.2 Å². The number of aryl methyl sites for hydroxylation is 1. The molecule has 0 spiro atoms. The van der Waals surface area contributed by atoms with Crippen LogP contribution in [0.25, 0.3) is 0 Å². The molecule has 2 rings (SSSR count). The lowest BCUT2D eigenvalue weighted by Gasteiger charge is -2.21. The smallest absolute Gasteiger partial charge is 0.337 e. The number of methoxy groups -OCH3 is 1. The molecule has 0 aromatic heterocycles. The SMILES string of the molecule is CCN(CC(=O)Nc1c(Cl)cccc1Cl)S(=O)(=O)c1ccc(C(=O)OC)cc1C. The molecule has 1 amide bonds. The highest BCUT2D eigenvalue weighted by molar-refractivity contribution is 7.89. The minimum absolute atomic E-state index is 0.00409. The highest BCUT2D eigenvalue weighted by atomic mass is 35.5. The number of benzene rings is 2. The van der Waals surface area contributed by atoms with Crippen molar-refractivity contribution in [3.8, 4) is 0 Å². The van der Waals surface area contributed by atoms with Gasteiger partial charge in [0.2, 0.25) is 15.9 Å². The van der Waals surface area contributed by atoms with E-state index in [4.69, 9.17) is 23.2 Å². The minimum atomic E-state index is -3.98. The van der Waals surface area contributed by atoms with Crippen molar-refractivity contribution in [2.45, 2.75) is 18.7 Å². The van der Waals surface area contributed by atoms with Crippen LogP contribution in [0.1, 0.15) is 22.8 Å². The molecule has 1 N–H and O–H groups in total. The van der Waals surface area contributed by atoms with Crippen LogP contribution in [0.5, 0.6) is 0 Å². The van der Waals surface area contributed by atoms with Crippen molar-refractivity contribution in [1.29, 1.82) is 0 Å². The van der Waals surface area contributed by atoms with Gasteiger partial charge < -0.3 is 10.1 Å². The van der Waals surface area contributed by atoms with Gasteiger partial charge in [0.15, 0.2) is 0 Å². The third-order valence-corrected chi connectivity index (χ3v) is 6.82. The lowest BCUT2D eigenvalue weighted by atomic mass is 10.1. The summed E-state index contributed by atoms with van der Waals surface area (Å²) in [4.78, 5) is 24.1. The normalized spacial score (nSPS) is 11.4. The van der Waals surface area contributed by atoms with Gasteiger partial charge >= 0.3 is 5.97 Å². The molecule has 0 radical (unpaired) electrons. The number of carbonyl (C=O) groups is 2. The first kappa shape index (κ1) is 23.2. The van der Waals surface area contributed by atoms with E-state index < -0.39 is 28.4 Å². The van der Waals surface area contributed by atoms with E-state index in [2.05, 4.69) is 10.1 Å². The second-order valence-electron chi connectivity index (χ2n) is 6.05. The summed E-state index contributed by atoms with van der Waals surface area (Å²) in [6, 6.07) is 8.86. The van der Waals surface area contributed by atoms with Crippen LogP contribution in [-0.4, -0.2) is 44.8 Å². The molecule has 2 aromatic rings. The van der Waals surface area contributed by atoms with E-state index >= 15 is 0 Å². The Morgan fingerprint density at radius 3 is 2.28 bits per heavy atom. The zero-order chi connectivity index (χ0) is 21.8. The molecule has 10 heteroatoms. The van der Waals surface area contributed by atoms with Crippen molar-refractivity contribution in [2.24, 2.45) is 0 Å². The van der Waals surface area contributed by atoms with E-state index in [9.17, 15) is 18.0 Å². The molecule has 0 aliphatic carbocycles. The molecule has 0 bridgehead atoms. The Kier molecular flexibility index (Phi) is 7.65. The zero-order valence-electron chi connectivity index (χ0n) is 16.0. The molecule has 0 atom stereocenters. The average molecular weight is 459 g/mol. The second-order valence-corrected chi connectivity index (χ2v) is 8.77. The van der Waals surface area contributed by atoms with Gasteiger partial charge in [-0.2, -0.15) is 4.31 Å². The van der Waals surface area contributed by atoms with Gasteiger partial charge in [-0.05, 0) is 42.8 Å². The number of rotatable bonds is 7. The van der Waals surface area contributed by atoms with Gasteiger partial charge in [-0.25, -0.2) is 13.2 Å². The molecule has 0 aliphatic rings. The van der Waals surface area contributed by atoms with Crippen molar-refractivity contribution in [3.63, 3.8) is 0 Å². The number of nitrogens with one attached hydrogen (secondary N) is 1. The maximum Gasteiger partial charge on any atom is 0.337 e. The summed E-state index contributed by atoms with van der Waals surface area (Å²) in [7, 11) is -2.74. The fraction of sp³-hybridized carbons (Fsp3) is 0.263. The molecule has 0 heterocycles. The molecule has 0 saturated heterocycles. The van der Waals surface area contributed by atoms with E-state index in [-0.39, 0.29) is 32.7 Å². The van der Waals surface area contributed by atoms with Crippen LogP contribution in [0.2, 0.25) is 10.0 Å². The highest BCUT2D eigenvalue weighted by Gasteiger charge is 2.27. The first-order valence-electron chi connectivity index (χ1n) is 8.54. The molecule has 0 fully saturated rings. The standard InChI is InChI=1S/C19H20Cl2N2O5S/c1-4-23(11-17(24)22-18-14(20)6-5-7-15(18)21)29(26,27)16-9-8-13(10-12(16)2)19(25)28-3/h5-10H,4,11H2,1-3H3,(H,22,24). The number of sulfonamides is 1. The van der Waals surface area contributed by atoms with Gasteiger partial charge in [0.1, 0.15) is 0 Å². The summed E-state index contributed by atoms with van der Waals surface area (Å²) in [6.45, 7) is 2.81. The predicted molar refractivity (Wildman–Crippen MR) is 112 cm³/mol. The summed E-state index contributed by atoms with van der Waals surface area (Å²) >= 11 is 12.1. The Morgan fingerprint density at radius 2 is 1.76 bits per heavy atom. The van der Waals surface area contributed by atoms with Crippen LogP contribution >= 0.6 is 23.2 Å². The third-order valence-electron chi connectivity index (χ3n) is 4.11. The Balaban J connectivity index is 2.26. The van der Waals surface area contributed by atoms with Crippen LogP contribution in [0.3, 0.4) is 0 Å². The maximum absolute atomic E-state index is 13.0. The van der Waals surface area contributed by atoms with E-state index in [1.807, 2.05) is 0 Å². The van der Waals surface area contributed by atoms with Gasteiger partial charge in [-0.15, -0.1) is 0 Å².